The largest absolute Gasteiger partial charge is 0.378 e. The number of benzene rings is 2. The molecule has 1 N–H and O–H groups in total. The van der Waals surface area contributed by atoms with Gasteiger partial charge in [0, 0.05) is 44.8 Å². The summed E-state index contributed by atoms with van der Waals surface area (Å²) in [6.07, 6.45) is 0.175. The van der Waals surface area contributed by atoms with Gasteiger partial charge in [-0.05, 0) is 23.8 Å². The number of ether oxygens (including phenoxy) is 12. The molecule has 0 unspecified atom stereocenters. The van der Waals surface area contributed by atoms with Crippen LogP contribution in [0, 0.1) is 11.8 Å². The van der Waals surface area contributed by atoms with Crippen LogP contribution in [0.2, 0.25) is 0 Å². The number of carbonyl (C=O) groups is 5. The van der Waals surface area contributed by atoms with Crippen molar-refractivity contribution >= 4 is 35.3 Å². The summed E-state index contributed by atoms with van der Waals surface area (Å²) in [7, 11) is 0. The lowest BCUT2D eigenvalue weighted by Gasteiger charge is -2.26. The van der Waals surface area contributed by atoms with Crippen molar-refractivity contribution < 1.29 is 87.1 Å². The fourth-order valence-corrected chi connectivity index (χ4v) is 6.40. The van der Waals surface area contributed by atoms with Gasteiger partial charge in [0.1, 0.15) is 0 Å². The number of amides is 4. The van der Waals surface area contributed by atoms with E-state index in [1.54, 1.807) is 4.90 Å². The molecule has 2 aromatic carbocycles. The van der Waals surface area contributed by atoms with E-state index in [4.69, 9.17) is 61.7 Å². The van der Waals surface area contributed by atoms with Gasteiger partial charge in [-0.25, -0.2) is 4.79 Å². The highest BCUT2D eigenvalue weighted by Crippen LogP contribution is 2.26. The van der Waals surface area contributed by atoms with E-state index in [1.807, 2.05) is 48.5 Å². The van der Waals surface area contributed by atoms with Crippen LogP contribution < -0.4 is 10.2 Å². The van der Waals surface area contributed by atoms with Crippen molar-refractivity contribution in [3.8, 4) is 11.8 Å². The number of anilines is 1. The second-order valence-electron chi connectivity index (χ2n) is 15.4. The molecule has 1 saturated heterocycles. The monoisotopic (exact) mass is 1000 g/mol. The number of para-hydroxylation sites is 1. The predicted octanol–water partition coefficient (Wildman–Crippen LogP) is 2.27. The number of hydroxylamine groups is 2. The first-order chi connectivity index (χ1) is 34.9. The molecule has 2 heterocycles. The highest BCUT2D eigenvalue weighted by Gasteiger charge is 2.32. The number of hydrogen-bond donors (Lipinski definition) is 1. The van der Waals surface area contributed by atoms with Crippen molar-refractivity contribution in [3.05, 3.63) is 65.2 Å². The maximum atomic E-state index is 13.3. The lowest BCUT2D eigenvalue weighted by molar-refractivity contribution is -0.198. The maximum Gasteiger partial charge on any atom is 0.335 e. The summed E-state index contributed by atoms with van der Waals surface area (Å²) < 4.78 is 65.7. The Labute approximate surface area is 417 Å². The standard InChI is InChI=1S/C50H71N3O18.H2/c54-46(11-12-47(55)52-41-44-7-2-1-5-42(44)9-10-43-6-3-4-8-45(43)52)51-16-18-60-20-22-62-24-26-64-28-30-66-32-34-68-36-38-70-40-39-69-37-35-67-33-31-65-29-27-63-25-23-61-21-19-59-17-15-50(58)71-53-48(56)13-14-49(53)57;/h1-8H,11-41H2,(H,51,54);1H. The molecule has 1 fully saturated rings. The lowest BCUT2D eigenvalue weighted by Crippen LogP contribution is -2.34. The molecule has 0 aliphatic carbocycles. The number of rotatable bonds is 43. The van der Waals surface area contributed by atoms with Crippen LogP contribution in [0.3, 0.4) is 0 Å². The van der Waals surface area contributed by atoms with E-state index in [1.165, 1.54) is 0 Å². The number of fused-ring (bicyclic) bond motifs is 2. The number of nitrogens with zero attached hydrogens (tertiary/aromatic N) is 2. The molecule has 2 aromatic rings. The Kier molecular flexibility index (Phi) is 32.0. The first-order valence-electron chi connectivity index (χ1n) is 24.2. The van der Waals surface area contributed by atoms with Gasteiger partial charge in [0.15, 0.2) is 0 Å². The van der Waals surface area contributed by atoms with E-state index in [2.05, 4.69) is 17.2 Å². The van der Waals surface area contributed by atoms with Crippen molar-refractivity contribution in [2.75, 3.05) is 170 Å². The Hall–Kier alpha value is -4.93. The Balaban J connectivity index is 0.0000137. The Morgan fingerprint density at radius 1 is 0.465 bits per heavy atom. The third kappa shape index (κ3) is 26.9. The molecule has 0 bridgehead atoms. The van der Waals surface area contributed by atoms with E-state index in [-0.39, 0.29) is 58.6 Å². The molecule has 4 rings (SSSR count). The van der Waals surface area contributed by atoms with E-state index in [9.17, 15) is 24.0 Å². The summed E-state index contributed by atoms with van der Waals surface area (Å²) in [5.74, 6) is 4.31. The highest BCUT2D eigenvalue weighted by molar-refractivity contribution is 6.01. The van der Waals surface area contributed by atoms with Gasteiger partial charge in [-0.2, -0.15) is 0 Å². The average Bonchev–Trinajstić information content (AvgIpc) is 3.69. The first-order valence-corrected chi connectivity index (χ1v) is 24.2. The zero-order valence-electron chi connectivity index (χ0n) is 40.8. The summed E-state index contributed by atoms with van der Waals surface area (Å²) in [6.45, 7) is 10.4. The minimum Gasteiger partial charge on any atom is -0.378 e. The average molecular weight is 1000 g/mol. The van der Waals surface area contributed by atoms with Crippen molar-refractivity contribution in [1.82, 2.24) is 10.4 Å². The number of nitrogens with one attached hydrogen (secondary N) is 1. The Bertz CT molecular complexity index is 1880. The smallest absolute Gasteiger partial charge is 0.335 e. The van der Waals surface area contributed by atoms with Gasteiger partial charge < -0.3 is 71.9 Å². The van der Waals surface area contributed by atoms with Gasteiger partial charge in [-0.15, -0.1) is 5.06 Å². The van der Waals surface area contributed by atoms with Crippen LogP contribution in [0.25, 0.3) is 0 Å². The zero-order valence-corrected chi connectivity index (χ0v) is 40.8. The second-order valence-corrected chi connectivity index (χ2v) is 15.4. The van der Waals surface area contributed by atoms with Gasteiger partial charge in [-0.3, -0.25) is 19.2 Å². The fraction of sp³-hybridized carbons (Fsp3) is 0.620. The van der Waals surface area contributed by atoms with Crippen LogP contribution in [-0.2, 0) is 92.2 Å². The summed E-state index contributed by atoms with van der Waals surface area (Å²) in [5.41, 5.74) is 3.38. The molecule has 0 aromatic heterocycles. The van der Waals surface area contributed by atoms with Crippen LogP contribution in [0.15, 0.2) is 48.5 Å². The van der Waals surface area contributed by atoms with Gasteiger partial charge >= 0.3 is 5.97 Å². The molecule has 21 nitrogen and oxygen atoms in total. The Morgan fingerprint density at radius 3 is 1.31 bits per heavy atom. The normalized spacial score (nSPS) is 13.1. The molecule has 4 amide bonds. The third-order valence-corrected chi connectivity index (χ3v) is 10.0. The van der Waals surface area contributed by atoms with E-state index in [0.29, 0.717) is 164 Å². The minimum absolute atomic E-state index is 0. The predicted molar refractivity (Wildman–Crippen MR) is 256 cm³/mol. The molecular formula is C50H73N3O18. The van der Waals surface area contributed by atoms with Crippen LogP contribution in [-0.4, -0.2) is 200 Å². The third-order valence-electron chi connectivity index (χ3n) is 10.0. The number of imide groups is 1. The molecule has 0 radical (unpaired) electrons. The van der Waals surface area contributed by atoms with E-state index < -0.39 is 17.8 Å². The Morgan fingerprint density at radius 2 is 0.845 bits per heavy atom. The van der Waals surface area contributed by atoms with Gasteiger partial charge in [0.2, 0.25) is 11.8 Å². The molecule has 0 atom stereocenters. The van der Waals surface area contributed by atoms with Gasteiger partial charge in [0.25, 0.3) is 11.8 Å². The number of carbonyl (C=O) groups excluding carboxylic acids is 5. The van der Waals surface area contributed by atoms with Crippen LogP contribution in [0.4, 0.5) is 5.69 Å². The first kappa shape index (κ1) is 58.6. The van der Waals surface area contributed by atoms with E-state index in [0.717, 1.165) is 22.4 Å². The van der Waals surface area contributed by atoms with Crippen LogP contribution in [0.5, 0.6) is 0 Å². The molecule has 0 saturated carbocycles. The van der Waals surface area contributed by atoms with Crippen molar-refractivity contribution in [2.24, 2.45) is 0 Å². The topological polar surface area (TPSA) is 224 Å². The van der Waals surface area contributed by atoms with Crippen molar-refractivity contribution in [2.45, 2.75) is 38.6 Å². The van der Waals surface area contributed by atoms with E-state index >= 15 is 0 Å². The van der Waals surface area contributed by atoms with Crippen molar-refractivity contribution in [3.63, 3.8) is 0 Å². The summed E-state index contributed by atoms with van der Waals surface area (Å²) in [5, 5.41) is 3.33. The minimum atomic E-state index is -0.706. The molecule has 0 spiro atoms. The summed E-state index contributed by atoms with van der Waals surface area (Å²) in [6, 6.07) is 15.4. The second kappa shape index (κ2) is 38.7. The lowest BCUT2D eigenvalue weighted by atomic mass is 10.0. The van der Waals surface area contributed by atoms with Crippen LogP contribution in [0.1, 0.15) is 50.2 Å². The fourth-order valence-electron chi connectivity index (χ4n) is 6.40. The summed E-state index contributed by atoms with van der Waals surface area (Å²) >= 11 is 0. The zero-order chi connectivity index (χ0) is 50.2. The molecule has 2 aliphatic rings. The van der Waals surface area contributed by atoms with Crippen LogP contribution >= 0.6 is 0 Å². The molecule has 2 aliphatic heterocycles. The SMILES string of the molecule is O=C(CCC(=O)N1Cc2ccccc2C#Cc2ccccc21)NCCOCCOCCOCCOCCOCCOCCOCCOCCOCCOCCOCCOCCC(=O)ON1C(=O)CCC1=O.[HH]. The molecule has 396 valence electrons. The van der Waals surface area contributed by atoms with Gasteiger partial charge in [-0.1, -0.05) is 42.2 Å². The molecular weight excluding hydrogens is 931 g/mol. The number of hydrogen-bond acceptors (Lipinski definition) is 18. The molecule has 71 heavy (non-hydrogen) atoms. The highest BCUT2D eigenvalue weighted by atomic mass is 16.7. The summed E-state index contributed by atoms with van der Waals surface area (Å²) in [4.78, 5) is 66.8. The molecule has 21 heteroatoms. The quantitative estimate of drug-likeness (QED) is 0.0572. The maximum absolute atomic E-state index is 13.3. The van der Waals surface area contributed by atoms with Gasteiger partial charge in [0.05, 0.1) is 177 Å². The van der Waals surface area contributed by atoms with Crippen molar-refractivity contribution in [1.29, 1.82) is 0 Å².